The van der Waals surface area contributed by atoms with Gasteiger partial charge >= 0.3 is 0 Å². The molecule has 1 rings (SSSR count). The van der Waals surface area contributed by atoms with Crippen LogP contribution in [0.3, 0.4) is 0 Å². The van der Waals surface area contributed by atoms with Crippen LogP contribution >= 0.6 is 0 Å². The van der Waals surface area contributed by atoms with Gasteiger partial charge in [-0.25, -0.2) is 0 Å². The molecule has 0 heterocycles. The molecule has 0 fully saturated rings. The lowest BCUT2D eigenvalue weighted by molar-refractivity contribution is 0.264. The van der Waals surface area contributed by atoms with Crippen LogP contribution in [0.5, 0.6) is 5.75 Å². The van der Waals surface area contributed by atoms with Crippen molar-refractivity contribution in [1.29, 1.82) is 0 Å². The third-order valence-corrected chi connectivity index (χ3v) is 4.45. The van der Waals surface area contributed by atoms with Gasteiger partial charge in [0.1, 0.15) is 5.75 Å². The summed E-state index contributed by atoms with van der Waals surface area (Å²) in [7, 11) is 0. The summed E-state index contributed by atoms with van der Waals surface area (Å²) in [5, 5.41) is 0. The molecule has 0 saturated heterocycles. The summed E-state index contributed by atoms with van der Waals surface area (Å²) in [6.07, 6.45) is 3.29. The minimum absolute atomic E-state index is 0.0852. The maximum Gasteiger partial charge on any atom is 0.123 e. The molecule has 0 radical (unpaired) electrons. The molecule has 1 aromatic carbocycles. The average Bonchev–Trinajstić information content (AvgIpc) is 2.48. The molecule has 132 valence electrons. The van der Waals surface area contributed by atoms with E-state index < -0.39 is 0 Å². The van der Waals surface area contributed by atoms with Crippen molar-refractivity contribution in [1.82, 2.24) is 0 Å². The van der Waals surface area contributed by atoms with E-state index in [0.717, 1.165) is 31.6 Å². The summed E-state index contributed by atoms with van der Waals surface area (Å²) < 4.78 is 6.06. The molecule has 0 aliphatic carbocycles. The van der Waals surface area contributed by atoms with E-state index in [1.54, 1.807) is 0 Å². The standard InChI is InChI=1S/C21H37NO/c1-8-18(22)11-9-16(4)17-10-12-20(23-14-15(2)3)19(13-17)21(5,6)7/h10,12-13,15-16,18H,8-9,11,14,22H2,1-7H3. The van der Waals surface area contributed by atoms with Crippen LogP contribution in [-0.4, -0.2) is 12.6 Å². The highest BCUT2D eigenvalue weighted by atomic mass is 16.5. The third-order valence-electron chi connectivity index (χ3n) is 4.45. The number of hydrogen-bond acceptors (Lipinski definition) is 2. The molecule has 0 spiro atoms. The quantitative estimate of drug-likeness (QED) is 0.673. The number of benzene rings is 1. The van der Waals surface area contributed by atoms with Crippen molar-refractivity contribution >= 4 is 0 Å². The van der Waals surface area contributed by atoms with E-state index >= 15 is 0 Å². The summed E-state index contributed by atoms with van der Waals surface area (Å²) in [6.45, 7) is 16.4. The lowest BCUT2D eigenvalue weighted by Crippen LogP contribution is -2.19. The van der Waals surface area contributed by atoms with Crippen molar-refractivity contribution in [2.24, 2.45) is 11.7 Å². The summed E-state index contributed by atoms with van der Waals surface area (Å²) in [5.74, 6) is 2.11. The molecule has 0 aromatic heterocycles. The maximum atomic E-state index is 6.07. The molecule has 0 aliphatic rings. The Bertz CT molecular complexity index is 473. The Balaban J connectivity index is 2.94. The van der Waals surface area contributed by atoms with E-state index in [9.17, 15) is 0 Å². The zero-order chi connectivity index (χ0) is 17.6. The fourth-order valence-corrected chi connectivity index (χ4v) is 2.66. The monoisotopic (exact) mass is 319 g/mol. The highest BCUT2D eigenvalue weighted by molar-refractivity contribution is 5.42. The first-order valence-corrected chi connectivity index (χ1v) is 9.17. The van der Waals surface area contributed by atoms with Crippen LogP contribution in [0.4, 0.5) is 0 Å². The van der Waals surface area contributed by atoms with Crippen LogP contribution in [0.2, 0.25) is 0 Å². The topological polar surface area (TPSA) is 35.2 Å². The van der Waals surface area contributed by atoms with Crippen molar-refractivity contribution in [2.75, 3.05) is 6.61 Å². The van der Waals surface area contributed by atoms with E-state index in [1.165, 1.54) is 11.1 Å². The minimum atomic E-state index is 0.0852. The predicted molar refractivity (Wildman–Crippen MR) is 101 cm³/mol. The molecule has 0 amide bonds. The fraction of sp³-hybridized carbons (Fsp3) is 0.714. The van der Waals surface area contributed by atoms with Gasteiger partial charge in [-0.1, -0.05) is 60.6 Å². The van der Waals surface area contributed by atoms with Gasteiger partial charge in [0, 0.05) is 6.04 Å². The summed E-state index contributed by atoms with van der Waals surface area (Å²) in [5.41, 5.74) is 8.86. The second kappa shape index (κ2) is 8.73. The SMILES string of the molecule is CCC(N)CCC(C)c1ccc(OCC(C)C)c(C(C)(C)C)c1. The molecule has 2 heteroatoms. The zero-order valence-corrected chi connectivity index (χ0v) is 16.3. The Morgan fingerprint density at radius 3 is 2.26 bits per heavy atom. The van der Waals surface area contributed by atoms with Gasteiger partial charge in [0.15, 0.2) is 0 Å². The largest absolute Gasteiger partial charge is 0.493 e. The van der Waals surface area contributed by atoms with Gasteiger partial charge in [-0.3, -0.25) is 0 Å². The number of hydrogen-bond donors (Lipinski definition) is 1. The Labute approximate surface area is 143 Å². The number of ether oxygens (including phenoxy) is 1. The van der Waals surface area contributed by atoms with Crippen LogP contribution < -0.4 is 10.5 Å². The molecular weight excluding hydrogens is 282 g/mol. The predicted octanol–water partition coefficient (Wildman–Crippen LogP) is 5.64. The van der Waals surface area contributed by atoms with Gasteiger partial charge < -0.3 is 10.5 Å². The van der Waals surface area contributed by atoms with Crippen molar-refractivity contribution in [3.8, 4) is 5.75 Å². The van der Waals surface area contributed by atoms with Crippen molar-refractivity contribution < 1.29 is 4.74 Å². The molecule has 23 heavy (non-hydrogen) atoms. The molecule has 2 unspecified atom stereocenters. The summed E-state index contributed by atoms with van der Waals surface area (Å²) in [6, 6.07) is 7.06. The van der Waals surface area contributed by atoms with Gasteiger partial charge in [-0.2, -0.15) is 0 Å². The molecule has 2 N–H and O–H groups in total. The lowest BCUT2D eigenvalue weighted by atomic mass is 9.83. The number of rotatable bonds is 8. The second-order valence-electron chi connectivity index (χ2n) is 8.36. The van der Waals surface area contributed by atoms with Gasteiger partial charge in [0.2, 0.25) is 0 Å². The second-order valence-corrected chi connectivity index (χ2v) is 8.36. The number of nitrogens with two attached hydrogens (primary N) is 1. The first-order chi connectivity index (χ1) is 10.6. The molecule has 1 aromatic rings. The molecular formula is C21H37NO. The van der Waals surface area contributed by atoms with E-state index in [4.69, 9.17) is 10.5 Å². The normalized spacial score (nSPS) is 14.8. The van der Waals surface area contributed by atoms with Crippen LogP contribution in [0.15, 0.2) is 18.2 Å². The van der Waals surface area contributed by atoms with Gasteiger partial charge in [0.25, 0.3) is 0 Å². The fourth-order valence-electron chi connectivity index (χ4n) is 2.66. The summed E-state index contributed by atoms with van der Waals surface area (Å²) in [4.78, 5) is 0. The Hall–Kier alpha value is -1.02. The van der Waals surface area contributed by atoms with Gasteiger partial charge in [-0.05, 0) is 53.7 Å². The first-order valence-electron chi connectivity index (χ1n) is 9.17. The van der Waals surface area contributed by atoms with E-state index in [2.05, 4.69) is 66.7 Å². The third kappa shape index (κ3) is 6.55. The van der Waals surface area contributed by atoms with Crippen molar-refractivity contribution in [3.05, 3.63) is 29.3 Å². The molecule has 2 nitrogen and oxygen atoms in total. The lowest BCUT2D eigenvalue weighted by Gasteiger charge is -2.25. The van der Waals surface area contributed by atoms with Gasteiger partial charge in [0.05, 0.1) is 6.61 Å². The highest BCUT2D eigenvalue weighted by Crippen LogP contribution is 2.35. The zero-order valence-electron chi connectivity index (χ0n) is 16.3. The van der Waals surface area contributed by atoms with Crippen molar-refractivity contribution in [2.45, 2.75) is 85.1 Å². The molecule has 2 atom stereocenters. The van der Waals surface area contributed by atoms with E-state index in [0.29, 0.717) is 17.9 Å². The van der Waals surface area contributed by atoms with Crippen LogP contribution in [0.25, 0.3) is 0 Å². The Morgan fingerprint density at radius 1 is 1.09 bits per heavy atom. The van der Waals surface area contributed by atoms with Crippen LogP contribution in [0, 0.1) is 5.92 Å². The van der Waals surface area contributed by atoms with Crippen LogP contribution in [-0.2, 0) is 5.41 Å². The van der Waals surface area contributed by atoms with E-state index in [-0.39, 0.29) is 5.41 Å². The molecule has 0 aliphatic heterocycles. The average molecular weight is 320 g/mol. The van der Waals surface area contributed by atoms with Gasteiger partial charge in [-0.15, -0.1) is 0 Å². The highest BCUT2D eigenvalue weighted by Gasteiger charge is 2.21. The Morgan fingerprint density at radius 2 is 1.74 bits per heavy atom. The molecule has 0 bridgehead atoms. The van der Waals surface area contributed by atoms with Crippen LogP contribution in [0.1, 0.15) is 84.8 Å². The maximum absolute atomic E-state index is 6.07. The van der Waals surface area contributed by atoms with E-state index in [1.807, 2.05) is 0 Å². The Kier molecular flexibility index (Phi) is 7.60. The molecule has 0 saturated carbocycles. The summed E-state index contributed by atoms with van der Waals surface area (Å²) >= 11 is 0. The minimum Gasteiger partial charge on any atom is -0.493 e. The van der Waals surface area contributed by atoms with Crippen molar-refractivity contribution in [3.63, 3.8) is 0 Å². The smallest absolute Gasteiger partial charge is 0.123 e. The first kappa shape index (κ1) is 20.0.